The van der Waals surface area contributed by atoms with E-state index in [0.29, 0.717) is 6.54 Å². The fourth-order valence-corrected chi connectivity index (χ4v) is 2.94. The van der Waals surface area contributed by atoms with Crippen LogP contribution in [0.15, 0.2) is 24.3 Å². The molecule has 0 radical (unpaired) electrons. The van der Waals surface area contributed by atoms with E-state index in [1.807, 2.05) is 25.7 Å². The number of hydrogen-bond acceptors (Lipinski definition) is 3. The minimum Gasteiger partial charge on any atom is -0.444 e. The quantitative estimate of drug-likeness (QED) is 0.895. The second-order valence-electron chi connectivity index (χ2n) is 7.27. The van der Waals surface area contributed by atoms with Crippen molar-refractivity contribution in [2.24, 2.45) is 0 Å². The Morgan fingerprint density at radius 3 is 2.74 bits per heavy atom. The first kappa shape index (κ1) is 17.6. The molecule has 4 nitrogen and oxygen atoms in total. The standard InChI is InChI=1S/C19H30N2O2/c1-5-15-10-6-7-12-17(15)20-16-11-8-9-13-21(14-16)18(22)23-19(2,3)4/h6-7,10,12,16,20H,5,8-9,11,13-14H2,1-4H3/t16-/m0/s1. The number of anilines is 1. The number of nitrogens with zero attached hydrogens (tertiary/aromatic N) is 1. The van der Waals surface area contributed by atoms with Crippen molar-refractivity contribution in [1.29, 1.82) is 0 Å². The maximum atomic E-state index is 12.4. The molecule has 1 saturated heterocycles. The first-order valence-corrected chi connectivity index (χ1v) is 8.71. The van der Waals surface area contributed by atoms with Crippen molar-refractivity contribution >= 4 is 11.8 Å². The SMILES string of the molecule is CCc1ccccc1N[C@H]1CCCCN(C(=O)OC(C)(C)C)C1. The van der Waals surface area contributed by atoms with Gasteiger partial charge in [-0.25, -0.2) is 4.79 Å². The highest BCUT2D eigenvalue weighted by molar-refractivity contribution is 5.68. The molecule has 0 bridgehead atoms. The first-order chi connectivity index (χ1) is 10.9. The van der Waals surface area contributed by atoms with E-state index in [9.17, 15) is 4.79 Å². The maximum Gasteiger partial charge on any atom is 0.410 e. The van der Waals surface area contributed by atoms with Crippen molar-refractivity contribution in [3.63, 3.8) is 0 Å². The Morgan fingerprint density at radius 2 is 2.04 bits per heavy atom. The summed E-state index contributed by atoms with van der Waals surface area (Å²) in [6.07, 6.45) is 4.05. The van der Waals surface area contributed by atoms with Gasteiger partial charge in [0.2, 0.25) is 0 Å². The Morgan fingerprint density at radius 1 is 1.30 bits per heavy atom. The molecule has 0 aliphatic carbocycles. The molecule has 1 aliphatic heterocycles. The Hall–Kier alpha value is -1.71. The van der Waals surface area contributed by atoms with E-state index in [2.05, 4.69) is 36.5 Å². The molecule has 1 fully saturated rings. The fraction of sp³-hybridized carbons (Fsp3) is 0.632. The molecule has 128 valence electrons. The summed E-state index contributed by atoms with van der Waals surface area (Å²) < 4.78 is 5.54. The van der Waals surface area contributed by atoms with Gasteiger partial charge in [0.15, 0.2) is 0 Å². The molecule has 1 amide bonds. The summed E-state index contributed by atoms with van der Waals surface area (Å²) in [7, 11) is 0. The van der Waals surface area contributed by atoms with Crippen molar-refractivity contribution in [3.05, 3.63) is 29.8 Å². The first-order valence-electron chi connectivity index (χ1n) is 8.71. The van der Waals surface area contributed by atoms with Gasteiger partial charge in [-0.3, -0.25) is 0 Å². The molecule has 0 aromatic heterocycles. The topological polar surface area (TPSA) is 41.6 Å². The lowest BCUT2D eigenvalue weighted by Gasteiger charge is -2.29. The van der Waals surface area contributed by atoms with Crippen LogP contribution >= 0.6 is 0 Å². The van der Waals surface area contributed by atoms with Gasteiger partial charge < -0.3 is 15.0 Å². The molecule has 1 aromatic carbocycles. The lowest BCUT2D eigenvalue weighted by atomic mass is 10.1. The van der Waals surface area contributed by atoms with Gasteiger partial charge in [-0.2, -0.15) is 0 Å². The largest absolute Gasteiger partial charge is 0.444 e. The molecule has 2 rings (SSSR count). The summed E-state index contributed by atoms with van der Waals surface area (Å²) in [5.41, 5.74) is 2.06. The van der Waals surface area contributed by atoms with E-state index >= 15 is 0 Å². The molecule has 4 heteroatoms. The molecule has 1 aliphatic rings. The molecule has 23 heavy (non-hydrogen) atoms. The van der Waals surface area contributed by atoms with E-state index in [1.54, 1.807) is 0 Å². The summed E-state index contributed by atoms with van der Waals surface area (Å²) in [5, 5.41) is 3.64. The number of likely N-dealkylation sites (tertiary alicyclic amines) is 1. The van der Waals surface area contributed by atoms with Gasteiger partial charge in [-0.05, 0) is 58.1 Å². The van der Waals surface area contributed by atoms with Crippen LogP contribution in [0.3, 0.4) is 0 Å². The molecular formula is C19H30N2O2. The zero-order valence-corrected chi connectivity index (χ0v) is 14.9. The summed E-state index contributed by atoms with van der Waals surface area (Å²) in [4.78, 5) is 14.2. The van der Waals surface area contributed by atoms with Crippen LogP contribution in [-0.2, 0) is 11.2 Å². The average molecular weight is 318 g/mol. The van der Waals surface area contributed by atoms with Crippen LogP contribution in [0.5, 0.6) is 0 Å². The van der Waals surface area contributed by atoms with E-state index in [4.69, 9.17) is 4.74 Å². The van der Waals surface area contributed by atoms with Gasteiger partial charge in [0, 0.05) is 24.8 Å². The van der Waals surface area contributed by atoms with Crippen LogP contribution in [0.1, 0.15) is 52.5 Å². The minimum atomic E-state index is -0.443. The van der Waals surface area contributed by atoms with Gasteiger partial charge in [-0.15, -0.1) is 0 Å². The van der Waals surface area contributed by atoms with Crippen molar-refractivity contribution in [2.45, 2.75) is 65.0 Å². The van der Waals surface area contributed by atoms with Gasteiger partial charge in [0.1, 0.15) is 5.60 Å². The number of amides is 1. The van der Waals surface area contributed by atoms with E-state index < -0.39 is 5.60 Å². The second-order valence-corrected chi connectivity index (χ2v) is 7.27. The number of carbonyl (C=O) groups excluding carboxylic acids is 1. The third-order valence-electron chi connectivity index (χ3n) is 4.08. The molecular weight excluding hydrogens is 288 g/mol. The predicted octanol–water partition coefficient (Wildman–Crippen LogP) is 4.45. The number of para-hydroxylation sites is 1. The third-order valence-corrected chi connectivity index (χ3v) is 4.08. The molecule has 0 unspecified atom stereocenters. The number of aryl methyl sites for hydroxylation is 1. The second kappa shape index (κ2) is 7.71. The highest BCUT2D eigenvalue weighted by Crippen LogP contribution is 2.21. The van der Waals surface area contributed by atoms with Crippen LogP contribution in [0, 0.1) is 0 Å². The van der Waals surface area contributed by atoms with Gasteiger partial charge in [-0.1, -0.05) is 25.1 Å². The molecule has 1 heterocycles. The molecule has 1 atom stereocenters. The average Bonchev–Trinajstić information content (AvgIpc) is 2.72. The van der Waals surface area contributed by atoms with E-state index in [0.717, 1.165) is 32.2 Å². The van der Waals surface area contributed by atoms with Crippen LogP contribution in [0.25, 0.3) is 0 Å². The normalized spacial score (nSPS) is 19.1. The number of benzene rings is 1. The highest BCUT2D eigenvalue weighted by Gasteiger charge is 2.26. The zero-order chi connectivity index (χ0) is 16.9. The van der Waals surface area contributed by atoms with Crippen molar-refractivity contribution in [1.82, 2.24) is 4.90 Å². The van der Waals surface area contributed by atoms with Gasteiger partial charge in [0.05, 0.1) is 0 Å². The van der Waals surface area contributed by atoms with E-state index in [1.165, 1.54) is 11.3 Å². The zero-order valence-electron chi connectivity index (χ0n) is 14.9. The highest BCUT2D eigenvalue weighted by atomic mass is 16.6. The van der Waals surface area contributed by atoms with Crippen LogP contribution in [-0.4, -0.2) is 35.7 Å². The van der Waals surface area contributed by atoms with Crippen LogP contribution in [0.2, 0.25) is 0 Å². The van der Waals surface area contributed by atoms with Crippen LogP contribution < -0.4 is 5.32 Å². The summed E-state index contributed by atoms with van der Waals surface area (Å²) >= 11 is 0. The Labute approximate surface area is 140 Å². The minimum absolute atomic E-state index is 0.199. The van der Waals surface area contributed by atoms with Crippen molar-refractivity contribution in [2.75, 3.05) is 18.4 Å². The van der Waals surface area contributed by atoms with Crippen molar-refractivity contribution in [3.8, 4) is 0 Å². The molecule has 1 aromatic rings. The smallest absolute Gasteiger partial charge is 0.410 e. The van der Waals surface area contributed by atoms with Gasteiger partial charge in [0.25, 0.3) is 0 Å². The van der Waals surface area contributed by atoms with Crippen molar-refractivity contribution < 1.29 is 9.53 Å². The Balaban J connectivity index is 2.03. The lowest BCUT2D eigenvalue weighted by Crippen LogP contribution is -2.42. The summed E-state index contributed by atoms with van der Waals surface area (Å²) in [5.74, 6) is 0. The van der Waals surface area contributed by atoms with Crippen LogP contribution in [0.4, 0.5) is 10.5 Å². The number of nitrogens with one attached hydrogen (secondary N) is 1. The molecule has 0 spiro atoms. The number of hydrogen-bond donors (Lipinski definition) is 1. The predicted molar refractivity (Wildman–Crippen MR) is 94.9 cm³/mol. The number of carbonyl (C=O) groups is 1. The van der Waals surface area contributed by atoms with Gasteiger partial charge >= 0.3 is 6.09 Å². The fourth-order valence-electron chi connectivity index (χ4n) is 2.94. The Bertz CT molecular complexity index is 522. The third kappa shape index (κ3) is 5.45. The Kier molecular flexibility index (Phi) is 5.91. The maximum absolute atomic E-state index is 12.4. The number of ether oxygens (including phenoxy) is 1. The lowest BCUT2D eigenvalue weighted by molar-refractivity contribution is 0.0252. The summed E-state index contributed by atoms with van der Waals surface area (Å²) in [6.45, 7) is 9.39. The van der Waals surface area contributed by atoms with E-state index in [-0.39, 0.29) is 12.1 Å². The summed E-state index contributed by atoms with van der Waals surface area (Å²) in [6, 6.07) is 8.69. The number of rotatable bonds is 3. The molecule has 1 N–H and O–H groups in total. The molecule has 0 saturated carbocycles. The monoisotopic (exact) mass is 318 g/mol.